The molecule has 0 spiro atoms. The van der Waals surface area contributed by atoms with E-state index in [4.69, 9.17) is 16.2 Å². The van der Waals surface area contributed by atoms with Crippen molar-refractivity contribution in [3.8, 4) is 0 Å². The quantitative estimate of drug-likeness (QED) is 0.552. The molecule has 0 aromatic carbocycles. The Morgan fingerprint density at radius 2 is 2.11 bits per heavy atom. The van der Waals surface area contributed by atoms with E-state index in [0.717, 1.165) is 11.8 Å². The average molecular weight is 147 g/mol. The van der Waals surface area contributed by atoms with Gasteiger partial charge in [0.05, 0.1) is 18.0 Å². The molecular formula is C7H11ClO. The van der Waals surface area contributed by atoms with E-state index in [2.05, 4.69) is 0 Å². The topological polar surface area (TPSA) is 9.23 Å². The van der Waals surface area contributed by atoms with E-state index < -0.39 is 0 Å². The second-order valence-electron chi connectivity index (χ2n) is 3.30. The molecule has 52 valence electrons. The maximum Gasteiger partial charge on any atom is 0.0821 e. The lowest BCUT2D eigenvalue weighted by Crippen LogP contribution is -2.16. The van der Waals surface area contributed by atoms with Crippen LogP contribution in [-0.4, -0.2) is 6.10 Å². The van der Waals surface area contributed by atoms with Gasteiger partial charge in [-0.1, -0.05) is 0 Å². The van der Waals surface area contributed by atoms with Crippen LogP contribution in [0.3, 0.4) is 0 Å². The molecule has 2 bridgehead atoms. The minimum absolute atomic E-state index is 0.394. The molecule has 0 saturated heterocycles. The normalized spacial score (nSPS) is 48.3. The molecule has 1 nitrogen and oxygen atoms in total. The maximum absolute atomic E-state index is 5.30. The van der Waals surface area contributed by atoms with Gasteiger partial charge in [0.1, 0.15) is 0 Å². The predicted molar refractivity (Wildman–Crippen MR) is 36.2 cm³/mol. The van der Waals surface area contributed by atoms with Crippen molar-refractivity contribution in [2.24, 2.45) is 11.8 Å². The van der Waals surface area contributed by atoms with Crippen molar-refractivity contribution in [2.75, 3.05) is 0 Å². The lowest BCUT2D eigenvalue weighted by molar-refractivity contribution is 0.153. The molecule has 2 fully saturated rings. The molecule has 3 atom stereocenters. The Morgan fingerprint density at radius 1 is 1.22 bits per heavy atom. The van der Waals surface area contributed by atoms with Crippen molar-refractivity contribution in [2.45, 2.75) is 31.8 Å². The van der Waals surface area contributed by atoms with E-state index >= 15 is 0 Å². The van der Waals surface area contributed by atoms with Crippen LogP contribution in [0.4, 0.5) is 0 Å². The standard InChI is InChI=1S/C7H11ClO/c8-9-7-4-5-1-2-6(7)3-5/h5-7H,1-4H2. The molecule has 0 N–H and O–H groups in total. The van der Waals surface area contributed by atoms with Crippen molar-refractivity contribution in [1.29, 1.82) is 0 Å². The third-order valence-corrected chi connectivity index (χ3v) is 3.02. The smallest absolute Gasteiger partial charge is 0.0821 e. The second kappa shape index (κ2) is 2.14. The van der Waals surface area contributed by atoms with E-state index in [9.17, 15) is 0 Å². The summed E-state index contributed by atoms with van der Waals surface area (Å²) < 4.78 is 4.82. The van der Waals surface area contributed by atoms with Crippen LogP contribution in [0, 0.1) is 11.8 Å². The van der Waals surface area contributed by atoms with Gasteiger partial charge in [0.2, 0.25) is 0 Å². The zero-order chi connectivity index (χ0) is 6.27. The zero-order valence-corrected chi connectivity index (χ0v) is 6.10. The van der Waals surface area contributed by atoms with Crippen LogP contribution in [0.1, 0.15) is 25.7 Å². The van der Waals surface area contributed by atoms with Gasteiger partial charge in [0, 0.05) is 0 Å². The van der Waals surface area contributed by atoms with Gasteiger partial charge in [0.15, 0.2) is 0 Å². The molecule has 2 heteroatoms. The number of fused-ring (bicyclic) bond motifs is 2. The van der Waals surface area contributed by atoms with Crippen LogP contribution in [0.15, 0.2) is 0 Å². The Bertz CT molecular complexity index is 115. The largest absolute Gasteiger partial charge is 0.276 e. The summed E-state index contributed by atoms with van der Waals surface area (Å²) in [5, 5.41) is 0. The van der Waals surface area contributed by atoms with Gasteiger partial charge in [-0.2, -0.15) is 0 Å². The monoisotopic (exact) mass is 146 g/mol. The van der Waals surface area contributed by atoms with Gasteiger partial charge in [-0.25, -0.2) is 0 Å². The molecule has 0 aromatic heterocycles. The lowest BCUT2D eigenvalue weighted by atomic mass is 9.98. The number of hydrogen-bond donors (Lipinski definition) is 0. The third-order valence-electron chi connectivity index (χ3n) is 2.79. The van der Waals surface area contributed by atoms with Crippen LogP contribution in [0.2, 0.25) is 0 Å². The number of hydrogen-bond acceptors (Lipinski definition) is 1. The van der Waals surface area contributed by atoms with E-state index in [1.165, 1.54) is 25.7 Å². The fourth-order valence-corrected chi connectivity index (χ4v) is 2.51. The summed E-state index contributed by atoms with van der Waals surface area (Å²) in [6.45, 7) is 0. The van der Waals surface area contributed by atoms with Crippen molar-refractivity contribution < 1.29 is 4.29 Å². The summed E-state index contributed by atoms with van der Waals surface area (Å²) >= 11 is 5.30. The highest BCUT2D eigenvalue weighted by Crippen LogP contribution is 2.46. The van der Waals surface area contributed by atoms with E-state index in [1.807, 2.05) is 0 Å². The zero-order valence-electron chi connectivity index (χ0n) is 5.35. The van der Waals surface area contributed by atoms with Crippen LogP contribution < -0.4 is 0 Å². The Labute approximate surface area is 60.5 Å². The summed E-state index contributed by atoms with van der Waals surface area (Å²) in [7, 11) is 0. The SMILES string of the molecule is ClOC1CC2CCC1C2. The highest BCUT2D eigenvalue weighted by atomic mass is 35.5. The molecule has 0 amide bonds. The van der Waals surface area contributed by atoms with E-state index in [0.29, 0.717) is 6.10 Å². The summed E-state index contributed by atoms with van der Waals surface area (Å²) in [6, 6.07) is 0. The highest BCUT2D eigenvalue weighted by Gasteiger charge is 2.40. The first-order valence-corrected chi connectivity index (χ1v) is 3.98. The summed E-state index contributed by atoms with van der Waals surface area (Å²) in [5.74, 6) is 1.74. The van der Waals surface area contributed by atoms with Gasteiger partial charge in [0.25, 0.3) is 0 Å². The molecule has 2 rings (SSSR count). The summed E-state index contributed by atoms with van der Waals surface area (Å²) in [5.41, 5.74) is 0. The van der Waals surface area contributed by atoms with Crippen molar-refractivity contribution in [3.63, 3.8) is 0 Å². The molecule has 2 aliphatic rings. The van der Waals surface area contributed by atoms with Gasteiger partial charge < -0.3 is 0 Å². The first-order valence-electron chi connectivity index (χ1n) is 3.67. The predicted octanol–water partition coefficient (Wildman–Crippen LogP) is 2.35. The lowest BCUT2D eigenvalue weighted by Gasteiger charge is -2.17. The van der Waals surface area contributed by atoms with Crippen molar-refractivity contribution in [3.05, 3.63) is 0 Å². The number of halogens is 1. The molecule has 0 aliphatic heterocycles. The molecule has 3 unspecified atom stereocenters. The highest BCUT2D eigenvalue weighted by molar-refractivity contribution is 6.07. The fourth-order valence-electron chi connectivity index (χ4n) is 2.30. The van der Waals surface area contributed by atoms with Crippen LogP contribution in [0.5, 0.6) is 0 Å². The molecule has 2 aliphatic carbocycles. The van der Waals surface area contributed by atoms with Crippen LogP contribution in [0.25, 0.3) is 0 Å². The maximum atomic E-state index is 5.30. The molecule has 0 heterocycles. The van der Waals surface area contributed by atoms with Gasteiger partial charge >= 0.3 is 0 Å². The fraction of sp³-hybridized carbons (Fsp3) is 1.00. The van der Waals surface area contributed by atoms with Crippen LogP contribution >= 0.6 is 11.9 Å². The van der Waals surface area contributed by atoms with E-state index in [1.54, 1.807) is 0 Å². The molecule has 0 radical (unpaired) electrons. The average Bonchev–Trinajstić information content (AvgIpc) is 2.45. The first kappa shape index (κ1) is 5.99. The van der Waals surface area contributed by atoms with Gasteiger partial charge in [-0.3, -0.25) is 4.29 Å². The molecular weight excluding hydrogens is 136 g/mol. The minimum Gasteiger partial charge on any atom is -0.276 e. The van der Waals surface area contributed by atoms with Crippen molar-refractivity contribution >= 4 is 11.9 Å². The van der Waals surface area contributed by atoms with E-state index in [-0.39, 0.29) is 0 Å². The number of rotatable bonds is 1. The first-order chi connectivity index (χ1) is 4.40. The Hall–Kier alpha value is 0.250. The van der Waals surface area contributed by atoms with Gasteiger partial charge in [-0.15, -0.1) is 0 Å². The summed E-state index contributed by atoms with van der Waals surface area (Å²) in [4.78, 5) is 0. The Kier molecular flexibility index (Phi) is 1.42. The third kappa shape index (κ3) is 0.870. The van der Waals surface area contributed by atoms with Crippen LogP contribution in [-0.2, 0) is 4.29 Å². The minimum atomic E-state index is 0.394. The molecule has 9 heavy (non-hydrogen) atoms. The van der Waals surface area contributed by atoms with Crippen molar-refractivity contribution in [1.82, 2.24) is 0 Å². The Morgan fingerprint density at radius 3 is 2.44 bits per heavy atom. The Balaban J connectivity index is 2.01. The van der Waals surface area contributed by atoms with Gasteiger partial charge in [-0.05, 0) is 37.5 Å². The summed E-state index contributed by atoms with van der Waals surface area (Å²) in [6.07, 6.45) is 5.75. The second-order valence-corrected chi connectivity index (χ2v) is 3.48. The molecule has 2 saturated carbocycles. The molecule has 0 aromatic rings.